The van der Waals surface area contributed by atoms with E-state index in [1.165, 1.54) is 22.6 Å². The molecule has 1 aromatic carbocycles. The first-order valence-electron chi connectivity index (χ1n) is 7.63. The SMILES string of the molecule is COc1cccc2c1CCCCN2S(=O)(=O)c1cccnc1C#N. The molecule has 0 aliphatic carbocycles. The predicted molar refractivity (Wildman–Crippen MR) is 89.4 cm³/mol. The van der Waals surface area contributed by atoms with Gasteiger partial charge in [-0.25, -0.2) is 13.4 Å². The van der Waals surface area contributed by atoms with Crippen molar-refractivity contribution < 1.29 is 13.2 Å². The molecular formula is C17H17N3O3S. The Morgan fingerprint density at radius 3 is 2.83 bits per heavy atom. The highest BCUT2D eigenvalue weighted by molar-refractivity contribution is 7.92. The molecule has 0 unspecified atom stereocenters. The molecule has 0 fully saturated rings. The smallest absolute Gasteiger partial charge is 0.267 e. The number of nitriles is 1. The van der Waals surface area contributed by atoms with Crippen LogP contribution in [0.1, 0.15) is 24.1 Å². The molecule has 24 heavy (non-hydrogen) atoms. The number of methoxy groups -OCH3 is 1. The number of fused-ring (bicyclic) bond motifs is 1. The predicted octanol–water partition coefficient (Wildman–Crippen LogP) is 2.49. The van der Waals surface area contributed by atoms with E-state index < -0.39 is 10.0 Å². The van der Waals surface area contributed by atoms with Gasteiger partial charge in [0.15, 0.2) is 5.69 Å². The minimum Gasteiger partial charge on any atom is -0.496 e. The number of aromatic nitrogens is 1. The van der Waals surface area contributed by atoms with Crippen molar-refractivity contribution in [2.24, 2.45) is 0 Å². The molecule has 1 aliphatic rings. The van der Waals surface area contributed by atoms with E-state index in [1.54, 1.807) is 19.2 Å². The first-order valence-corrected chi connectivity index (χ1v) is 9.07. The molecule has 0 radical (unpaired) electrons. The van der Waals surface area contributed by atoms with Crippen molar-refractivity contribution in [3.8, 4) is 11.8 Å². The zero-order valence-corrected chi connectivity index (χ0v) is 14.1. The minimum absolute atomic E-state index is 0.0665. The molecule has 1 aliphatic heterocycles. The zero-order valence-electron chi connectivity index (χ0n) is 13.3. The minimum atomic E-state index is -3.87. The summed E-state index contributed by atoms with van der Waals surface area (Å²) in [7, 11) is -2.30. The number of anilines is 1. The van der Waals surface area contributed by atoms with Gasteiger partial charge in [0, 0.05) is 18.3 Å². The highest BCUT2D eigenvalue weighted by atomic mass is 32.2. The van der Waals surface area contributed by atoms with Gasteiger partial charge >= 0.3 is 0 Å². The Kier molecular flexibility index (Phi) is 4.40. The van der Waals surface area contributed by atoms with Crippen LogP contribution in [-0.2, 0) is 16.4 Å². The quantitative estimate of drug-likeness (QED) is 0.855. The summed E-state index contributed by atoms with van der Waals surface area (Å²) in [6.45, 7) is 0.363. The molecule has 0 atom stereocenters. The normalized spacial score (nSPS) is 14.4. The Labute approximate surface area is 141 Å². The fourth-order valence-electron chi connectivity index (χ4n) is 2.96. The fraction of sp³-hybridized carbons (Fsp3) is 0.294. The van der Waals surface area contributed by atoms with E-state index in [2.05, 4.69) is 4.98 Å². The maximum Gasteiger partial charge on any atom is 0.267 e. The first-order chi connectivity index (χ1) is 11.6. The Morgan fingerprint density at radius 1 is 1.25 bits per heavy atom. The lowest BCUT2D eigenvalue weighted by Crippen LogP contribution is -2.32. The van der Waals surface area contributed by atoms with Crippen LogP contribution in [0.5, 0.6) is 5.75 Å². The maximum absolute atomic E-state index is 13.2. The monoisotopic (exact) mass is 343 g/mol. The van der Waals surface area contributed by atoms with Crippen LogP contribution in [0.15, 0.2) is 41.4 Å². The molecule has 0 bridgehead atoms. The molecular weight excluding hydrogens is 326 g/mol. The van der Waals surface area contributed by atoms with E-state index >= 15 is 0 Å². The molecule has 124 valence electrons. The third-order valence-electron chi connectivity index (χ3n) is 4.08. The third kappa shape index (κ3) is 2.69. The van der Waals surface area contributed by atoms with Gasteiger partial charge in [0.2, 0.25) is 0 Å². The van der Waals surface area contributed by atoms with Crippen molar-refractivity contribution in [2.45, 2.75) is 24.2 Å². The topological polar surface area (TPSA) is 83.3 Å². The van der Waals surface area contributed by atoms with Crippen LogP contribution < -0.4 is 9.04 Å². The number of hydrogen-bond acceptors (Lipinski definition) is 5. The van der Waals surface area contributed by atoms with Crippen LogP contribution >= 0.6 is 0 Å². The van der Waals surface area contributed by atoms with Gasteiger partial charge in [-0.15, -0.1) is 0 Å². The standard InChI is InChI=1S/C17H17N3O3S/c1-23-16-8-4-7-15-13(16)6-2-3-11-20(15)24(21,22)17-9-5-10-19-14(17)12-18/h4-5,7-10H,2-3,6,11H2,1H3. The number of rotatable bonds is 3. The van der Waals surface area contributed by atoms with Crippen molar-refractivity contribution in [1.82, 2.24) is 4.98 Å². The highest BCUT2D eigenvalue weighted by Gasteiger charge is 2.31. The molecule has 7 heteroatoms. The Bertz CT molecular complexity index is 904. The van der Waals surface area contributed by atoms with Crippen LogP contribution in [-0.4, -0.2) is 27.1 Å². The lowest BCUT2D eigenvalue weighted by Gasteiger charge is -2.25. The molecule has 2 heterocycles. The Hall–Kier alpha value is -2.59. The van der Waals surface area contributed by atoms with Crippen molar-refractivity contribution in [1.29, 1.82) is 5.26 Å². The number of nitrogens with zero attached hydrogens (tertiary/aromatic N) is 3. The summed E-state index contributed by atoms with van der Waals surface area (Å²) in [6, 6.07) is 10.2. The second-order valence-corrected chi connectivity index (χ2v) is 7.28. The van der Waals surface area contributed by atoms with Crippen molar-refractivity contribution >= 4 is 15.7 Å². The molecule has 3 rings (SSSR count). The van der Waals surface area contributed by atoms with E-state index in [1.807, 2.05) is 12.1 Å². The summed E-state index contributed by atoms with van der Waals surface area (Å²) >= 11 is 0. The Morgan fingerprint density at radius 2 is 2.08 bits per heavy atom. The maximum atomic E-state index is 13.2. The van der Waals surface area contributed by atoms with Gasteiger partial charge in [-0.05, 0) is 43.5 Å². The highest BCUT2D eigenvalue weighted by Crippen LogP contribution is 2.36. The van der Waals surface area contributed by atoms with Crippen LogP contribution in [0, 0.1) is 11.3 Å². The van der Waals surface area contributed by atoms with E-state index in [9.17, 15) is 13.7 Å². The molecule has 0 saturated heterocycles. The molecule has 0 amide bonds. The molecule has 0 spiro atoms. The summed E-state index contributed by atoms with van der Waals surface area (Å²) in [5, 5.41) is 9.20. The number of benzene rings is 1. The van der Waals surface area contributed by atoms with E-state index in [0.29, 0.717) is 18.0 Å². The second-order valence-electron chi connectivity index (χ2n) is 5.45. The fourth-order valence-corrected chi connectivity index (χ4v) is 4.59. The van der Waals surface area contributed by atoms with Crippen molar-refractivity contribution in [3.63, 3.8) is 0 Å². The summed E-state index contributed by atoms with van der Waals surface area (Å²) in [4.78, 5) is 3.81. The lowest BCUT2D eigenvalue weighted by atomic mass is 10.1. The van der Waals surface area contributed by atoms with Gasteiger partial charge in [-0.2, -0.15) is 5.26 Å². The van der Waals surface area contributed by atoms with E-state index in [0.717, 1.165) is 24.8 Å². The third-order valence-corrected chi connectivity index (χ3v) is 5.92. The summed E-state index contributed by atoms with van der Waals surface area (Å²) in [5.74, 6) is 0.682. The van der Waals surface area contributed by atoms with Gasteiger partial charge in [0.25, 0.3) is 10.0 Å². The number of pyridine rings is 1. The van der Waals surface area contributed by atoms with Gasteiger partial charge in [-0.1, -0.05) is 6.07 Å². The molecule has 6 nitrogen and oxygen atoms in total. The largest absolute Gasteiger partial charge is 0.496 e. The van der Waals surface area contributed by atoms with Crippen molar-refractivity contribution in [2.75, 3.05) is 18.0 Å². The van der Waals surface area contributed by atoms with Crippen LogP contribution in [0.3, 0.4) is 0 Å². The van der Waals surface area contributed by atoms with Gasteiger partial charge < -0.3 is 4.74 Å². The summed E-state index contributed by atoms with van der Waals surface area (Å²) < 4.78 is 33.1. The van der Waals surface area contributed by atoms with Gasteiger partial charge in [0.05, 0.1) is 12.8 Å². The van der Waals surface area contributed by atoms with Crippen LogP contribution in [0.2, 0.25) is 0 Å². The number of sulfonamides is 1. The second kappa shape index (κ2) is 6.49. The average Bonchev–Trinajstić information content (AvgIpc) is 2.84. The summed E-state index contributed by atoms with van der Waals surface area (Å²) in [6.07, 6.45) is 3.78. The number of ether oxygens (including phenoxy) is 1. The molecule has 1 aromatic heterocycles. The lowest BCUT2D eigenvalue weighted by molar-refractivity contribution is 0.409. The molecule has 0 saturated carbocycles. The molecule has 0 N–H and O–H groups in total. The van der Waals surface area contributed by atoms with Crippen molar-refractivity contribution in [3.05, 3.63) is 47.8 Å². The summed E-state index contributed by atoms with van der Waals surface area (Å²) in [5.41, 5.74) is 1.40. The van der Waals surface area contributed by atoms with Crippen LogP contribution in [0.25, 0.3) is 0 Å². The zero-order chi connectivity index (χ0) is 17.2. The molecule has 2 aromatic rings. The van der Waals surface area contributed by atoms with Crippen LogP contribution in [0.4, 0.5) is 5.69 Å². The van der Waals surface area contributed by atoms with Gasteiger partial charge in [0.1, 0.15) is 16.7 Å². The van der Waals surface area contributed by atoms with E-state index in [-0.39, 0.29) is 10.6 Å². The van der Waals surface area contributed by atoms with Gasteiger partial charge in [-0.3, -0.25) is 4.31 Å². The Balaban J connectivity index is 2.18. The average molecular weight is 343 g/mol. The number of hydrogen-bond donors (Lipinski definition) is 0. The first kappa shape index (κ1) is 16.3. The van der Waals surface area contributed by atoms with E-state index in [4.69, 9.17) is 4.74 Å².